The highest BCUT2D eigenvalue weighted by molar-refractivity contribution is 7.98. The Balaban J connectivity index is 2.09. The Bertz CT molecular complexity index is 1180. The molecule has 0 aliphatic carbocycles. The molecule has 0 N–H and O–H groups in total. The van der Waals surface area contributed by atoms with Crippen LogP contribution in [0.5, 0.6) is 5.88 Å². The summed E-state index contributed by atoms with van der Waals surface area (Å²) in [6.07, 6.45) is 1.88. The number of thioether (sulfide) groups is 1. The molecule has 4 rings (SSSR count). The van der Waals surface area contributed by atoms with Crippen molar-refractivity contribution in [2.75, 3.05) is 6.26 Å². The van der Waals surface area contributed by atoms with Gasteiger partial charge >= 0.3 is 0 Å². The Kier molecular flexibility index (Phi) is 5.67. The smallest absolute Gasteiger partial charge is 0.246 e. The fourth-order valence-electron chi connectivity index (χ4n) is 2.97. The molecule has 0 unspecified atom stereocenters. The normalized spacial score (nSPS) is 11.4. The maximum Gasteiger partial charge on any atom is 0.246 e. The number of rotatable bonds is 5. The second-order valence-electron chi connectivity index (χ2n) is 6.58. The van der Waals surface area contributed by atoms with Gasteiger partial charge in [-0.15, -0.1) is 0 Å². The molecule has 0 radical (unpaired) electrons. The predicted molar refractivity (Wildman–Crippen MR) is 120 cm³/mol. The molecule has 2 aromatic carbocycles. The molecule has 0 bridgehead atoms. The summed E-state index contributed by atoms with van der Waals surface area (Å²) in [5.74, 6) is 1.12. The summed E-state index contributed by atoms with van der Waals surface area (Å²) >= 11 is 14.1. The molecular weight excluding hydrogens is 427 g/mol. The molecule has 2 heterocycles. The van der Waals surface area contributed by atoms with Crippen LogP contribution in [0.1, 0.15) is 13.8 Å². The molecular formula is C21H18Cl2N4OS. The van der Waals surface area contributed by atoms with Crippen LogP contribution in [-0.4, -0.2) is 31.9 Å². The molecule has 4 aromatic rings. The van der Waals surface area contributed by atoms with Crippen LogP contribution < -0.4 is 4.74 Å². The molecule has 0 saturated carbocycles. The molecule has 0 fully saturated rings. The van der Waals surface area contributed by atoms with Gasteiger partial charge in [-0.2, -0.15) is 4.98 Å². The van der Waals surface area contributed by atoms with Gasteiger partial charge in [-0.1, -0.05) is 47.1 Å². The minimum atomic E-state index is -0.0488. The fraction of sp³-hybridized carbons (Fsp3) is 0.190. The summed E-state index contributed by atoms with van der Waals surface area (Å²) in [7, 11) is 0. The Morgan fingerprint density at radius 3 is 2.34 bits per heavy atom. The second-order valence-corrected chi connectivity index (χ2v) is 8.20. The molecule has 2 aromatic heterocycles. The van der Waals surface area contributed by atoms with Gasteiger partial charge in [0, 0.05) is 16.3 Å². The topological polar surface area (TPSA) is 52.8 Å². The number of halogens is 2. The third-order valence-corrected chi connectivity index (χ3v) is 5.31. The zero-order chi connectivity index (χ0) is 20.5. The van der Waals surface area contributed by atoms with Crippen molar-refractivity contribution in [1.82, 2.24) is 19.5 Å². The number of hydrogen-bond acceptors (Lipinski definition) is 5. The van der Waals surface area contributed by atoms with Crippen LogP contribution in [0.3, 0.4) is 0 Å². The fourth-order valence-corrected chi connectivity index (χ4v) is 3.67. The van der Waals surface area contributed by atoms with Crippen molar-refractivity contribution in [1.29, 1.82) is 0 Å². The molecule has 0 amide bonds. The van der Waals surface area contributed by atoms with E-state index >= 15 is 0 Å². The van der Waals surface area contributed by atoms with E-state index in [2.05, 4.69) is 4.98 Å². The summed E-state index contributed by atoms with van der Waals surface area (Å²) < 4.78 is 7.92. The first-order valence-electron chi connectivity index (χ1n) is 9.00. The molecule has 0 atom stereocenters. The Morgan fingerprint density at radius 2 is 1.69 bits per heavy atom. The van der Waals surface area contributed by atoms with Gasteiger partial charge in [-0.05, 0) is 56.5 Å². The van der Waals surface area contributed by atoms with Gasteiger partial charge in [0.25, 0.3) is 0 Å². The van der Waals surface area contributed by atoms with Gasteiger partial charge in [0.05, 0.1) is 11.1 Å². The van der Waals surface area contributed by atoms with Crippen molar-refractivity contribution in [3.05, 3.63) is 58.6 Å². The van der Waals surface area contributed by atoms with Crippen LogP contribution in [0.15, 0.2) is 53.7 Å². The zero-order valence-electron chi connectivity index (χ0n) is 16.1. The molecule has 148 valence electrons. The number of ether oxygens (including phenoxy) is 1. The number of imidazole rings is 1. The SMILES string of the molecule is CSc1nc(OC(C)C)c2nc(-c3ccccc3Cl)n(-c3ccc(Cl)cc3)c2n1. The summed E-state index contributed by atoms with van der Waals surface area (Å²) in [4.78, 5) is 14.1. The minimum absolute atomic E-state index is 0.0488. The summed E-state index contributed by atoms with van der Waals surface area (Å²) in [5.41, 5.74) is 2.90. The number of aromatic nitrogens is 4. The van der Waals surface area contributed by atoms with Crippen LogP contribution in [0.25, 0.3) is 28.2 Å². The van der Waals surface area contributed by atoms with Gasteiger partial charge in [-0.25, -0.2) is 9.97 Å². The third-order valence-electron chi connectivity index (χ3n) is 4.18. The molecule has 0 spiro atoms. The number of nitrogens with zero attached hydrogens (tertiary/aromatic N) is 4. The van der Waals surface area contributed by atoms with E-state index in [1.54, 1.807) is 0 Å². The maximum absolute atomic E-state index is 6.51. The quantitative estimate of drug-likeness (QED) is 0.267. The number of hydrogen-bond donors (Lipinski definition) is 0. The first kappa shape index (κ1) is 20.0. The lowest BCUT2D eigenvalue weighted by molar-refractivity contribution is 0.233. The average molecular weight is 445 g/mol. The van der Waals surface area contributed by atoms with Crippen LogP contribution in [-0.2, 0) is 0 Å². The van der Waals surface area contributed by atoms with E-state index in [4.69, 9.17) is 37.9 Å². The number of fused-ring (bicyclic) bond motifs is 1. The van der Waals surface area contributed by atoms with Gasteiger partial charge in [0.1, 0.15) is 5.82 Å². The van der Waals surface area contributed by atoms with Crippen molar-refractivity contribution < 1.29 is 4.74 Å². The van der Waals surface area contributed by atoms with Gasteiger partial charge < -0.3 is 4.74 Å². The maximum atomic E-state index is 6.51. The van der Waals surface area contributed by atoms with Crippen molar-refractivity contribution in [3.63, 3.8) is 0 Å². The van der Waals surface area contributed by atoms with Crippen LogP contribution >= 0.6 is 35.0 Å². The largest absolute Gasteiger partial charge is 0.473 e. The zero-order valence-corrected chi connectivity index (χ0v) is 18.4. The number of benzene rings is 2. The summed E-state index contributed by atoms with van der Waals surface area (Å²) in [6, 6.07) is 15.1. The average Bonchev–Trinajstić information content (AvgIpc) is 3.08. The lowest BCUT2D eigenvalue weighted by Gasteiger charge is -2.11. The Hall–Kier alpha value is -2.28. The van der Waals surface area contributed by atoms with Crippen LogP contribution in [0.4, 0.5) is 0 Å². The molecule has 29 heavy (non-hydrogen) atoms. The van der Waals surface area contributed by atoms with Crippen molar-refractivity contribution >= 4 is 46.1 Å². The van der Waals surface area contributed by atoms with E-state index in [0.29, 0.717) is 38.1 Å². The van der Waals surface area contributed by atoms with E-state index in [0.717, 1.165) is 11.3 Å². The third kappa shape index (κ3) is 3.92. The van der Waals surface area contributed by atoms with Gasteiger partial charge in [-0.3, -0.25) is 4.57 Å². The van der Waals surface area contributed by atoms with Crippen molar-refractivity contribution in [2.45, 2.75) is 25.1 Å². The van der Waals surface area contributed by atoms with Gasteiger partial charge in [0.15, 0.2) is 16.3 Å². The molecule has 0 aliphatic heterocycles. The van der Waals surface area contributed by atoms with Gasteiger partial charge in [0.2, 0.25) is 5.88 Å². The molecule has 5 nitrogen and oxygen atoms in total. The monoisotopic (exact) mass is 444 g/mol. The van der Waals surface area contributed by atoms with E-state index in [1.807, 2.05) is 73.2 Å². The molecule has 0 aliphatic rings. The predicted octanol–water partition coefficient (Wildman–Crippen LogP) is 6.30. The second kappa shape index (κ2) is 8.22. The first-order chi connectivity index (χ1) is 14.0. The van der Waals surface area contributed by atoms with Crippen molar-refractivity contribution in [2.24, 2.45) is 0 Å². The van der Waals surface area contributed by atoms with E-state index in [-0.39, 0.29) is 6.10 Å². The molecule has 8 heteroatoms. The van der Waals surface area contributed by atoms with E-state index in [9.17, 15) is 0 Å². The minimum Gasteiger partial charge on any atom is -0.473 e. The standard InChI is InChI=1S/C21H18Cl2N4OS/c1-12(2)28-20-17-19(25-21(26-20)29-3)27(14-10-8-13(22)9-11-14)18(24-17)15-6-4-5-7-16(15)23/h4-12H,1-3H3. The van der Waals surface area contributed by atoms with Crippen molar-refractivity contribution in [3.8, 4) is 23.0 Å². The highest BCUT2D eigenvalue weighted by atomic mass is 35.5. The highest BCUT2D eigenvalue weighted by Gasteiger charge is 2.22. The highest BCUT2D eigenvalue weighted by Crippen LogP contribution is 2.35. The van der Waals surface area contributed by atoms with Crippen LogP contribution in [0, 0.1) is 0 Å². The summed E-state index contributed by atoms with van der Waals surface area (Å²) in [5, 5.41) is 1.86. The Morgan fingerprint density at radius 1 is 0.966 bits per heavy atom. The lowest BCUT2D eigenvalue weighted by Crippen LogP contribution is -2.08. The van der Waals surface area contributed by atoms with E-state index in [1.165, 1.54) is 11.8 Å². The van der Waals surface area contributed by atoms with E-state index < -0.39 is 0 Å². The Labute approximate surface area is 183 Å². The lowest BCUT2D eigenvalue weighted by atomic mass is 10.2. The summed E-state index contributed by atoms with van der Waals surface area (Å²) in [6.45, 7) is 3.91. The van der Waals surface area contributed by atoms with Crippen LogP contribution in [0.2, 0.25) is 10.0 Å². The first-order valence-corrected chi connectivity index (χ1v) is 11.0. The molecule has 0 saturated heterocycles.